The van der Waals surface area contributed by atoms with Gasteiger partial charge in [0, 0.05) is 28.9 Å². The third-order valence-corrected chi connectivity index (χ3v) is 3.45. The molecule has 0 bridgehead atoms. The van der Waals surface area contributed by atoms with Crippen LogP contribution in [0.1, 0.15) is 23.2 Å². The zero-order valence-corrected chi connectivity index (χ0v) is 11.7. The first-order chi connectivity index (χ1) is 8.65. The third kappa shape index (κ3) is 3.71. The highest BCUT2D eigenvalue weighted by molar-refractivity contribution is 9.10. The summed E-state index contributed by atoms with van der Waals surface area (Å²) in [5, 5.41) is 2.93. The van der Waals surface area contributed by atoms with E-state index in [0.717, 1.165) is 30.5 Å². The van der Waals surface area contributed by atoms with Gasteiger partial charge in [0.05, 0.1) is 6.61 Å². The molecular weight excluding hydrogens is 296 g/mol. The largest absolute Gasteiger partial charge is 0.399 e. The van der Waals surface area contributed by atoms with Crippen molar-refractivity contribution in [1.82, 2.24) is 5.32 Å². The molecule has 0 aromatic heterocycles. The van der Waals surface area contributed by atoms with E-state index in [1.807, 2.05) is 0 Å². The Balaban J connectivity index is 1.90. The summed E-state index contributed by atoms with van der Waals surface area (Å²) in [6.07, 6.45) is 2.19. The van der Waals surface area contributed by atoms with Crippen LogP contribution in [0.5, 0.6) is 0 Å². The number of nitrogens with one attached hydrogen (secondary N) is 1. The Labute approximate surface area is 115 Å². The second-order valence-electron chi connectivity index (χ2n) is 4.57. The van der Waals surface area contributed by atoms with Gasteiger partial charge < -0.3 is 15.8 Å². The number of hydrogen-bond donors (Lipinski definition) is 2. The number of anilines is 1. The molecule has 1 atom stereocenters. The summed E-state index contributed by atoms with van der Waals surface area (Å²) in [5.41, 5.74) is 6.87. The van der Waals surface area contributed by atoms with Gasteiger partial charge in [0.2, 0.25) is 0 Å². The fourth-order valence-electron chi connectivity index (χ4n) is 2.05. The fraction of sp³-hybridized carbons (Fsp3) is 0.462. The number of carbonyl (C=O) groups excluding carboxylic acids is 1. The van der Waals surface area contributed by atoms with Gasteiger partial charge in [-0.2, -0.15) is 0 Å². The van der Waals surface area contributed by atoms with Crippen LogP contribution in [0.3, 0.4) is 0 Å². The number of halogens is 1. The summed E-state index contributed by atoms with van der Waals surface area (Å²) in [4.78, 5) is 12.0. The molecule has 1 fully saturated rings. The fourth-order valence-corrected chi connectivity index (χ4v) is 2.56. The minimum atomic E-state index is -0.0893. The van der Waals surface area contributed by atoms with E-state index >= 15 is 0 Å². The van der Waals surface area contributed by atoms with Crippen LogP contribution in [-0.2, 0) is 4.74 Å². The van der Waals surface area contributed by atoms with Gasteiger partial charge in [0.1, 0.15) is 0 Å². The van der Waals surface area contributed by atoms with E-state index in [9.17, 15) is 4.79 Å². The molecule has 98 valence electrons. The number of carbonyl (C=O) groups is 1. The summed E-state index contributed by atoms with van der Waals surface area (Å²) in [6.45, 7) is 2.23. The number of amides is 1. The first kappa shape index (κ1) is 13.4. The highest BCUT2D eigenvalue weighted by Crippen LogP contribution is 2.17. The third-order valence-electron chi connectivity index (χ3n) is 2.99. The quantitative estimate of drug-likeness (QED) is 0.841. The van der Waals surface area contributed by atoms with Crippen molar-refractivity contribution in [1.29, 1.82) is 0 Å². The summed E-state index contributed by atoms with van der Waals surface area (Å²) in [5.74, 6) is 0.334. The zero-order chi connectivity index (χ0) is 13.0. The van der Waals surface area contributed by atoms with Crippen molar-refractivity contribution in [2.24, 2.45) is 5.92 Å². The molecule has 3 N–H and O–H groups in total. The molecule has 2 rings (SSSR count). The highest BCUT2D eigenvalue weighted by atomic mass is 79.9. The smallest absolute Gasteiger partial charge is 0.251 e. The monoisotopic (exact) mass is 312 g/mol. The van der Waals surface area contributed by atoms with E-state index in [1.54, 1.807) is 18.2 Å². The van der Waals surface area contributed by atoms with Crippen molar-refractivity contribution in [2.75, 3.05) is 25.5 Å². The van der Waals surface area contributed by atoms with Gasteiger partial charge in [-0.1, -0.05) is 15.9 Å². The van der Waals surface area contributed by atoms with Gasteiger partial charge >= 0.3 is 0 Å². The molecule has 0 spiro atoms. The van der Waals surface area contributed by atoms with E-state index in [-0.39, 0.29) is 5.91 Å². The van der Waals surface area contributed by atoms with Gasteiger partial charge in [-0.25, -0.2) is 0 Å². The van der Waals surface area contributed by atoms with Gasteiger partial charge in [0.15, 0.2) is 0 Å². The zero-order valence-electron chi connectivity index (χ0n) is 10.1. The van der Waals surface area contributed by atoms with E-state index in [0.29, 0.717) is 23.7 Å². The molecule has 1 aromatic rings. The van der Waals surface area contributed by atoms with Gasteiger partial charge in [-0.15, -0.1) is 0 Å². The number of nitrogens with two attached hydrogens (primary N) is 1. The van der Waals surface area contributed by atoms with Crippen molar-refractivity contribution in [3.05, 3.63) is 28.2 Å². The lowest BCUT2D eigenvalue weighted by Crippen LogP contribution is -2.33. The van der Waals surface area contributed by atoms with Crippen molar-refractivity contribution in [2.45, 2.75) is 12.8 Å². The van der Waals surface area contributed by atoms with Gasteiger partial charge in [0.25, 0.3) is 5.91 Å². The number of benzene rings is 1. The van der Waals surface area contributed by atoms with E-state index in [1.165, 1.54) is 0 Å². The van der Waals surface area contributed by atoms with Crippen molar-refractivity contribution in [3.8, 4) is 0 Å². The maximum atomic E-state index is 12.0. The molecule has 5 heteroatoms. The topological polar surface area (TPSA) is 64.4 Å². The van der Waals surface area contributed by atoms with Crippen LogP contribution in [0, 0.1) is 5.92 Å². The molecular formula is C13H17BrN2O2. The Kier molecular flexibility index (Phi) is 4.60. The number of hydrogen-bond acceptors (Lipinski definition) is 3. The van der Waals surface area contributed by atoms with Crippen LogP contribution in [0.4, 0.5) is 5.69 Å². The Bertz CT molecular complexity index is 411. The predicted octanol–water partition coefficient (Wildman–Crippen LogP) is 2.19. The highest BCUT2D eigenvalue weighted by Gasteiger charge is 2.15. The maximum absolute atomic E-state index is 12.0. The first-order valence-electron chi connectivity index (χ1n) is 6.07. The summed E-state index contributed by atoms with van der Waals surface area (Å²) in [6, 6.07) is 5.21. The normalized spacial score (nSPS) is 19.5. The lowest BCUT2D eigenvalue weighted by molar-refractivity contribution is 0.0536. The average molecular weight is 313 g/mol. The molecule has 1 saturated heterocycles. The SMILES string of the molecule is Nc1cc(Br)cc(C(=O)NCC2CCCOC2)c1. The van der Waals surface area contributed by atoms with Crippen molar-refractivity contribution < 1.29 is 9.53 Å². The second kappa shape index (κ2) is 6.20. The average Bonchev–Trinajstić information content (AvgIpc) is 2.36. The maximum Gasteiger partial charge on any atom is 0.251 e. The standard InChI is InChI=1S/C13H17BrN2O2/c14-11-4-10(5-12(15)6-11)13(17)16-7-9-2-1-3-18-8-9/h4-6,9H,1-3,7-8,15H2,(H,16,17). The summed E-state index contributed by atoms with van der Waals surface area (Å²) in [7, 11) is 0. The Morgan fingerprint density at radius 3 is 3.00 bits per heavy atom. The van der Waals surface area contributed by atoms with E-state index < -0.39 is 0 Å². The molecule has 18 heavy (non-hydrogen) atoms. The molecule has 0 radical (unpaired) electrons. The number of ether oxygens (including phenoxy) is 1. The van der Waals surface area contributed by atoms with Crippen LogP contribution < -0.4 is 11.1 Å². The summed E-state index contributed by atoms with van der Waals surface area (Å²) >= 11 is 3.33. The Hall–Kier alpha value is -1.07. The molecule has 1 aromatic carbocycles. The Morgan fingerprint density at radius 2 is 2.33 bits per heavy atom. The molecule has 0 saturated carbocycles. The van der Waals surface area contributed by atoms with E-state index in [2.05, 4.69) is 21.2 Å². The summed E-state index contributed by atoms with van der Waals surface area (Å²) < 4.78 is 6.19. The van der Waals surface area contributed by atoms with Crippen molar-refractivity contribution in [3.63, 3.8) is 0 Å². The molecule has 1 aliphatic rings. The first-order valence-corrected chi connectivity index (χ1v) is 6.86. The molecule has 0 aliphatic carbocycles. The minimum absolute atomic E-state index is 0.0893. The number of nitrogen functional groups attached to an aromatic ring is 1. The van der Waals surface area contributed by atoms with Crippen LogP contribution in [0.2, 0.25) is 0 Å². The molecule has 1 aliphatic heterocycles. The van der Waals surface area contributed by atoms with Crippen molar-refractivity contribution >= 4 is 27.5 Å². The lowest BCUT2D eigenvalue weighted by Gasteiger charge is -2.22. The van der Waals surface area contributed by atoms with E-state index in [4.69, 9.17) is 10.5 Å². The van der Waals surface area contributed by atoms with Crippen LogP contribution in [0.25, 0.3) is 0 Å². The second-order valence-corrected chi connectivity index (χ2v) is 5.48. The lowest BCUT2D eigenvalue weighted by atomic mass is 10.0. The Morgan fingerprint density at radius 1 is 1.50 bits per heavy atom. The minimum Gasteiger partial charge on any atom is -0.399 e. The van der Waals surface area contributed by atoms with Gasteiger partial charge in [-0.3, -0.25) is 4.79 Å². The molecule has 1 heterocycles. The molecule has 4 nitrogen and oxygen atoms in total. The predicted molar refractivity (Wildman–Crippen MR) is 74.4 cm³/mol. The van der Waals surface area contributed by atoms with Gasteiger partial charge in [-0.05, 0) is 37.0 Å². The molecule has 1 unspecified atom stereocenters. The molecule has 1 amide bonds. The van der Waals surface area contributed by atoms with Crippen LogP contribution >= 0.6 is 15.9 Å². The van der Waals surface area contributed by atoms with Crippen LogP contribution in [-0.4, -0.2) is 25.7 Å². The number of rotatable bonds is 3. The van der Waals surface area contributed by atoms with Crippen LogP contribution in [0.15, 0.2) is 22.7 Å².